The molecule has 1 atom stereocenters. The van der Waals surface area contributed by atoms with E-state index in [2.05, 4.69) is 11.9 Å². The van der Waals surface area contributed by atoms with Gasteiger partial charge in [-0.15, -0.1) is 17.9 Å². The Labute approximate surface area is 166 Å². The van der Waals surface area contributed by atoms with Crippen molar-refractivity contribution in [3.63, 3.8) is 0 Å². The molecule has 2 heterocycles. The van der Waals surface area contributed by atoms with Gasteiger partial charge in [-0.2, -0.15) is 0 Å². The molecule has 0 saturated heterocycles. The third kappa shape index (κ3) is 4.14. The molecule has 0 saturated carbocycles. The highest BCUT2D eigenvalue weighted by Gasteiger charge is 2.20. The largest absolute Gasteiger partial charge is 0.355 e. The highest BCUT2D eigenvalue weighted by molar-refractivity contribution is 8.00. The van der Waals surface area contributed by atoms with Crippen LogP contribution in [0.15, 0.2) is 59.0 Å². The number of carbonyl (C=O) groups is 1. The minimum absolute atomic E-state index is 0.0712. The number of benzene rings is 1. The van der Waals surface area contributed by atoms with Crippen molar-refractivity contribution < 1.29 is 4.79 Å². The second kappa shape index (κ2) is 8.54. The first-order valence-electron chi connectivity index (χ1n) is 8.70. The Bertz CT molecular complexity index is 1020. The summed E-state index contributed by atoms with van der Waals surface area (Å²) in [6, 6.07) is 11.8. The first-order valence-corrected chi connectivity index (χ1v) is 10.4. The molecule has 0 bridgehead atoms. The average molecular weight is 400 g/mol. The van der Waals surface area contributed by atoms with E-state index < -0.39 is 0 Å². The minimum atomic E-state index is -0.348. The number of aromatic nitrogens is 2. The zero-order valence-corrected chi connectivity index (χ0v) is 16.9. The molecule has 1 amide bonds. The van der Waals surface area contributed by atoms with Crippen LogP contribution < -0.4 is 10.9 Å². The van der Waals surface area contributed by atoms with Crippen LogP contribution in [-0.4, -0.2) is 27.3 Å². The fourth-order valence-electron chi connectivity index (χ4n) is 2.65. The number of hydrogen-bond donors (Lipinski definition) is 1. The van der Waals surface area contributed by atoms with Crippen molar-refractivity contribution in [1.82, 2.24) is 14.9 Å². The molecule has 0 fully saturated rings. The van der Waals surface area contributed by atoms with E-state index in [9.17, 15) is 9.59 Å². The van der Waals surface area contributed by atoms with E-state index >= 15 is 0 Å². The number of fused-ring (bicyclic) bond motifs is 1. The normalized spacial score (nSPS) is 12.1. The van der Waals surface area contributed by atoms with Crippen molar-refractivity contribution >= 4 is 39.2 Å². The molecule has 0 aliphatic rings. The first kappa shape index (κ1) is 19.4. The second-order valence-corrected chi connectivity index (χ2v) is 8.29. The maximum absolute atomic E-state index is 13.0. The molecule has 27 heavy (non-hydrogen) atoms. The number of carbonyl (C=O) groups excluding carboxylic acids is 1. The fourth-order valence-corrected chi connectivity index (χ4v) is 4.67. The Morgan fingerprint density at radius 2 is 2.15 bits per heavy atom. The second-order valence-electron chi connectivity index (χ2n) is 5.95. The maximum Gasteiger partial charge on any atom is 0.263 e. The molecule has 140 valence electrons. The Hall–Kier alpha value is -2.38. The fraction of sp³-hybridized carbons (Fsp3) is 0.250. The summed E-state index contributed by atoms with van der Waals surface area (Å²) in [5.41, 5.74) is 0.948. The lowest BCUT2D eigenvalue weighted by Crippen LogP contribution is -2.31. The number of nitrogens with one attached hydrogen (secondary N) is 1. The standard InChI is InChI=1S/C20H21N3O2S2/c1-4-11-23-19(25)15-12-16(14-9-7-6-8-10-14)27-18(15)22-20(23)26-13(3)17(24)21-5-2/h4,6-10,12-13H,1,5,11H2,2-3H3,(H,21,24)/t13-/m0/s1. The van der Waals surface area contributed by atoms with Gasteiger partial charge in [0.05, 0.1) is 10.6 Å². The molecule has 0 radical (unpaired) electrons. The van der Waals surface area contributed by atoms with Gasteiger partial charge in [-0.05, 0) is 25.5 Å². The number of nitrogens with zero attached hydrogens (tertiary/aromatic N) is 2. The number of thioether (sulfide) groups is 1. The predicted molar refractivity (Wildman–Crippen MR) is 114 cm³/mol. The zero-order chi connectivity index (χ0) is 19.4. The maximum atomic E-state index is 13.0. The van der Waals surface area contributed by atoms with E-state index in [1.165, 1.54) is 23.1 Å². The Morgan fingerprint density at radius 1 is 1.41 bits per heavy atom. The molecule has 1 aromatic carbocycles. The minimum Gasteiger partial charge on any atom is -0.355 e. The van der Waals surface area contributed by atoms with Gasteiger partial charge in [-0.1, -0.05) is 48.2 Å². The van der Waals surface area contributed by atoms with E-state index in [1.807, 2.05) is 50.2 Å². The quantitative estimate of drug-likeness (QED) is 0.371. The molecule has 0 spiro atoms. The van der Waals surface area contributed by atoms with Crippen molar-refractivity contribution in [2.75, 3.05) is 6.54 Å². The topological polar surface area (TPSA) is 64.0 Å². The molecule has 2 aromatic heterocycles. The molecule has 7 heteroatoms. The van der Waals surface area contributed by atoms with Crippen molar-refractivity contribution in [1.29, 1.82) is 0 Å². The summed E-state index contributed by atoms with van der Waals surface area (Å²) in [5, 5.41) is 3.58. The van der Waals surface area contributed by atoms with Crippen LogP contribution in [0.4, 0.5) is 0 Å². The molecule has 1 N–H and O–H groups in total. The monoisotopic (exact) mass is 399 g/mol. The number of hydrogen-bond acceptors (Lipinski definition) is 5. The molecule has 5 nitrogen and oxygen atoms in total. The Balaban J connectivity index is 2.07. The van der Waals surface area contributed by atoms with E-state index in [1.54, 1.807) is 10.6 Å². The summed E-state index contributed by atoms with van der Waals surface area (Å²) in [4.78, 5) is 31.5. The van der Waals surface area contributed by atoms with Crippen molar-refractivity contribution in [3.8, 4) is 10.4 Å². The van der Waals surface area contributed by atoms with Crippen LogP contribution >= 0.6 is 23.1 Å². The highest BCUT2D eigenvalue weighted by atomic mass is 32.2. The highest BCUT2D eigenvalue weighted by Crippen LogP contribution is 2.32. The molecule has 0 aliphatic carbocycles. The van der Waals surface area contributed by atoms with E-state index in [0.29, 0.717) is 28.5 Å². The van der Waals surface area contributed by atoms with Crippen molar-refractivity contribution in [3.05, 3.63) is 59.4 Å². The van der Waals surface area contributed by atoms with Gasteiger partial charge in [0.1, 0.15) is 4.83 Å². The van der Waals surface area contributed by atoms with Gasteiger partial charge >= 0.3 is 0 Å². The van der Waals surface area contributed by atoms with Crippen LogP contribution in [0.25, 0.3) is 20.7 Å². The first-order chi connectivity index (χ1) is 13.0. The lowest BCUT2D eigenvalue weighted by molar-refractivity contribution is -0.120. The number of rotatable bonds is 7. The van der Waals surface area contributed by atoms with Crippen LogP contribution in [0.5, 0.6) is 0 Å². The van der Waals surface area contributed by atoms with Gasteiger partial charge in [-0.25, -0.2) is 4.98 Å². The van der Waals surface area contributed by atoms with Gasteiger partial charge in [0.25, 0.3) is 5.56 Å². The molecular formula is C20H21N3O2S2. The molecular weight excluding hydrogens is 378 g/mol. The number of thiophene rings is 1. The molecule has 3 rings (SSSR count). The van der Waals surface area contributed by atoms with Crippen molar-refractivity contribution in [2.24, 2.45) is 0 Å². The van der Waals surface area contributed by atoms with E-state index in [-0.39, 0.29) is 16.7 Å². The average Bonchev–Trinajstić information content (AvgIpc) is 3.10. The summed E-state index contributed by atoms with van der Waals surface area (Å²) in [7, 11) is 0. The summed E-state index contributed by atoms with van der Waals surface area (Å²) in [6.45, 7) is 8.35. The molecule has 0 unspecified atom stereocenters. The predicted octanol–water partition coefficient (Wildman–Crippen LogP) is 3.93. The number of allylic oxidation sites excluding steroid dienone is 1. The van der Waals surface area contributed by atoms with Gasteiger partial charge in [0, 0.05) is 18.0 Å². The van der Waals surface area contributed by atoms with Crippen LogP contribution in [-0.2, 0) is 11.3 Å². The van der Waals surface area contributed by atoms with E-state index in [0.717, 1.165) is 10.4 Å². The third-order valence-electron chi connectivity index (χ3n) is 3.99. The van der Waals surface area contributed by atoms with Gasteiger partial charge in [0.15, 0.2) is 5.16 Å². The lowest BCUT2D eigenvalue weighted by atomic mass is 10.2. The Morgan fingerprint density at radius 3 is 2.81 bits per heavy atom. The third-order valence-corrected chi connectivity index (χ3v) is 6.16. The van der Waals surface area contributed by atoms with Crippen LogP contribution in [0, 0.1) is 0 Å². The summed E-state index contributed by atoms with van der Waals surface area (Å²) >= 11 is 2.78. The van der Waals surface area contributed by atoms with Crippen LogP contribution in [0.1, 0.15) is 13.8 Å². The molecule has 3 aromatic rings. The summed E-state index contributed by atoms with van der Waals surface area (Å²) in [5.74, 6) is -0.0712. The lowest BCUT2D eigenvalue weighted by Gasteiger charge is -2.14. The van der Waals surface area contributed by atoms with Gasteiger partial charge in [-0.3, -0.25) is 14.2 Å². The smallest absolute Gasteiger partial charge is 0.263 e. The number of amides is 1. The zero-order valence-electron chi connectivity index (χ0n) is 15.3. The van der Waals surface area contributed by atoms with Crippen molar-refractivity contribution in [2.45, 2.75) is 30.8 Å². The molecule has 0 aliphatic heterocycles. The van der Waals surface area contributed by atoms with Gasteiger partial charge < -0.3 is 5.32 Å². The summed E-state index contributed by atoms with van der Waals surface area (Å²) in [6.07, 6.45) is 1.67. The SMILES string of the molecule is C=CCn1c(S[C@@H](C)C(=O)NCC)nc2sc(-c3ccccc3)cc2c1=O. The van der Waals surface area contributed by atoms with E-state index in [4.69, 9.17) is 4.98 Å². The van der Waals surface area contributed by atoms with Crippen LogP contribution in [0.3, 0.4) is 0 Å². The van der Waals surface area contributed by atoms with Crippen LogP contribution in [0.2, 0.25) is 0 Å². The van der Waals surface area contributed by atoms with Gasteiger partial charge in [0.2, 0.25) is 5.91 Å². The summed E-state index contributed by atoms with van der Waals surface area (Å²) < 4.78 is 1.58. The Kier molecular flexibility index (Phi) is 6.13.